The number of carbonyl (C=O) groups excluding carboxylic acids is 4. The number of rotatable bonds is 82. The van der Waals surface area contributed by atoms with Gasteiger partial charge in [-0.25, -0.2) is 9.13 Å². The molecule has 600 valence electrons. The lowest BCUT2D eigenvalue weighted by Crippen LogP contribution is -2.30. The first kappa shape index (κ1) is 99.1. The zero-order valence-corrected chi connectivity index (χ0v) is 67.8. The van der Waals surface area contributed by atoms with Gasteiger partial charge < -0.3 is 33.8 Å². The molecule has 0 aliphatic carbocycles. The average Bonchev–Trinajstić information content (AvgIpc) is 0.954. The summed E-state index contributed by atoms with van der Waals surface area (Å²) < 4.78 is 68.8. The summed E-state index contributed by atoms with van der Waals surface area (Å²) in [6.07, 6.45) is 66.4. The van der Waals surface area contributed by atoms with Gasteiger partial charge in [-0.1, -0.05) is 388 Å². The molecule has 0 aliphatic heterocycles. The molecule has 0 bridgehead atoms. The standard InChI is InChI=1S/C82H160O17P2/c1-6-10-13-16-19-22-25-28-30-31-32-33-34-35-38-41-48-53-58-63-68-82(87)99-78(72-93-80(85)66-61-56-51-46-43-42-44-49-54-59-64-75(5)9-4)74-97-101(90,91)95-70-76(83)69-94-100(88,89)96-73-77(71-92-79(84)65-60-55-50-45-39-36-27-24-21-18-15-12-8-3)98-81(86)67-62-57-52-47-40-37-29-26-23-20-17-14-11-7-2/h75-78,83H,6-74H2,1-5H3,(H,88,89)(H,90,91)/t75?,76-,77+,78+/m0/s1. The molecule has 0 rings (SSSR count). The van der Waals surface area contributed by atoms with Gasteiger partial charge in [0.1, 0.15) is 19.3 Å². The second-order valence-corrected chi connectivity index (χ2v) is 32.7. The minimum Gasteiger partial charge on any atom is -0.462 e. The smallest absolute Gasteiger partial charge is 0.462 e. The van der Waals surface area contributed by atoms with E-state index in [2.05, 4.69) is 34.6 Å². The molecule has 0 amide bonds. The largest absolute Gasteiger partial charge is 0.472 e. The van der Waals surface area contributed by atoms with Crippen LogP contribution in [0.1, 0.15) is 439 Å². The Bertz CT molecular complexity index is 1930. The Morgan fingerprint density at radius 1 is 0.277 bits per heavy atom. The number of aliphatic hydroxyl groups excluding tert-OH is 1. The van der Waals surface area contributed by atoms with Gasteiger partial charge in [-0.2, -0.15) is 0 Å². The Morgan fingerprint density at radius 2 is 0.475 bits per heavy atom. The molecule has 19 heteroatoms. The maximum atomic E-state index is 13.1. The third-order valence-electron chi connectivity index (χ3n) is 19.6. The highest BCUT2D eigenvalue weighted by Gasteiger charge is 2.30. The Labute approximate surface area is 619 Å². The van der Waals surface area contributed by atoms with Crippen molar-refractivity contribution in [3.05, 3.63) is 0 Å². The first-order valence-electron chi connectivity index (χ1n) is 42.7. The molecule has 0 spiro atoms. The van der Waals surface area contributed by atoms with Crippen LogP contribution < -0.4 is 0 Å². The van der Waals surface area contributed by atoms with Crippen molar-refractivity contribution in [3.63, 3.8) is 0 Å². The molecule has 0 aromatic heterocycles. The van der Waals surface area contributed by atoms with Crippen LogP contribution in [0.15, 0.2) is 0 Å². The highest BCUT2D eigenvalue weighted by Crippen LogP contribution is 2.45. The number of hydrogen-bond acceptors (Lipinski definition) is 15. The number of carbonyl (C=O) groups is 4. The van der Waals surface area contributed by atoms with E-state index in [1.165, 1.54) is 263 Å². The normalized spacial score (nSPS) is 14.1. The number of phosphoric ester groups is 2. The quantitative estimate of drug-likeness (QED) is 0.0222. The van der Waals surface area contributed by atoms with Gasteiger partial charge in [0.2, 0.25) is 0 Å². The Morgan fingerprint density at radius 3 is 0.703 bits per heavy atom. The Kier molecular flexibility index (Phi) is 73.5. The van der Waals surface area contributed by atoms with Crippen molar-refractivity contribution >= 4 is 39.5 Å². The zero-order chi connectivity index (χ0) is 74.1. The van der Waals surface area contributed by atoms with Crippen molar-refractivity contribution in [2.45, 2.75) is 457 Å². The molecule has 0 aliphatic rings. The minimum atomic E-state index is -4.96. The van der Waals surface area contributed by atoms with Gasteiger partial charge in [0.25, 0.3) is 0 Å². The molecule has 0 saturated carbocycles. The molecule has 3 N–H and O–H groups in total. The summed E-state index contributed by atoms with van der Waals surface area (Å²) in [4.78, 5) is 73.1. The molecule has 6 atom stereocenters. The van der Waals surface area contributed by atoms with Crippen LogP contribution in [0.5, 0.6) is 0 Å². The van der Waals surface area contributed by atoms with Crippen LogP contribution in [-0.4, -0.2) is 96.7 Å². The van der Waals surface area contributed by atoms with E-state index in [9.17, 15) is 43.2 Å². The maximum absolute atomic E-state index is 13.1. The maximum Gasteiger partial charge on any atom is 0.472 e. The lowest BCUT2D eigenvalue weighted by Gasteiger charge is -2.21. The molecule has 17 nitrogen and oxygen atoms in total. The predicted octanol–water partition coefficient (Wildman–Crippen LogP) is 24.8. The average molecular weight is 1480 g/mol. The highest BCUT2D eigenvalue weighted by atomic mass is 31.2. The highest BCUT2D eigenvalue weighted by molar-refractivity contribution is 7.47. The molecule has 3 unspecified atom stereocenters. The summed E-state index contributed by atoms with van der Waals surface area (Å²) in [5, 5.41) is 10.7. The van der Waals surface area contributed by atoms with Crippen LogP contribution in [0.3, 0.4) is 0 Å². The number of hydrogen-bond donors (Lipinski definition) is 3. The van der Waals surface area contributed by atoms with Gasteiger partial charge in [-0.3, -0.25) is 37.3 Å². The molecule has 0 aromatic rings. The Balaban J connectivity index is 5.25. The van der Waals surface area contributed by atoms with Crippen LogP contribution in [0.2, 0.25) is 0 Å². The first-order valence-corrected chi connectivity index (χ1v) is 45.7. The van der Waals surface area contributed by atoms with Crippen molar-refractivity contribution in [3.8, 4) is 0 Å². The first-order chi connectivity index (χ1) is 49.1. The number of phosphoric acid groups is 2. The lowest BCUT2D eigenvalue weighted by molar-refractivity contribution is -0.161. The summed E-state index contributed by atoms with van der Waals surface area (Å²) >= 11 is 0. The van der Waals surface area contributed by atoms with E-state index in [4.69, 9.17) is 37.0 Å². The van der Waals surface area contributed by atoms with Gasteiger partial charge in [-0.15, -0.1) is 0 Å². The molecule has 0 aromatic carbocycles. The van der Waals surface area contributed by atoms with E-state index in [1.54, 1.807) is 0 Å². The molecule has 101 heavy (non-hydrogen) atoms. The van der Waals surface area contributed by atoms with Crippen molar-refractivity contribution < 1.29 is 80.2 Å². The number of aliphatic hydroxyl groups is 1. The summed E-state index contributed by atoms with van der Waals surface area (Å²) in [5.74, 6) is -1.29. The summed E-state index contributed by atoms with van der Waals surface area (Å²) in [7, 11) is -9.92. The molecular weight excluding hydrogens is 1320 g/mol. The third-order valence-corrected chi connectivity index (χ3v) is 21.5. The van der Waals surface area contributed by atoms with Crippen molar-refractivity contribution in [2.75, 3.05) is 39.6 Å². The second-order valence-electron chi connectivity index (χ2n) is 29.8. The van der Waals surface area contributed by atoms with E-state index in [0.29, 0.717) is 25.7 Å². The van der Waals surface area contributed by atoms with Crippen LogP contribution in [0.4, 0.5) is 0 Å². The SMILES string of the molecule is CCCCCCCCCCCCCCCCCCCCCCC(=O)O[C@H](COC(=O)CCCCCCCCCCCCC(C)CC)COP(=O)(O)OC[C@@H](O)COP(=O)(O)OC[C@@H](COC(=O)CCCCCCCCCCCCCCC)OC(=O)CCCCCCCCCCCCCCCC. The van der Waals surface area contributed by atoms with Crippen LogP contribution in [0.25, 0.3) is 0 Å². The van der Waals surface area contributed by atoms with Gasteiger partial charge in [0.05, 0.1) is 26.4 Å². The number of unbranched alkanes of at least 4 members (excludes halogenated alkanes) is 53. The van der Waals surface area contributed by atoms with E-state index < -0.39 is 97.5 Å². The zero-order valence-electron chi connectivity index (χ0n) is 66.1. The molecule has 0 heterocycles. The molecule has 0 fully saturated rings. The van der Waals surface area contributed by atoms with Crippen molar-refractivity contribution in [1.82, 2.24) is 0 Å². The lowest BCUT2D eigenvalue weighted by atomic mass is 9.99. The monoisotopic (exact) mass is 1480 g/mol. The molecule has 0 radical (unpaired) electrons. The summed E-state index contributed by atoms with van der Waals surface area (Å²) in [5.41, 5.74) is 0. The van der Waals surface area contributed by atoms with Gasteiger partial charge in [-0.05, 0) is 31.6 Å². The molecule has 0 saturated heterocycles. The van der Waals surface area contributed by atoms with E-state index in [-0.39, 0.29) is 25.7 Å². The van der Waals surface area contributed by atoms with E-state index in [0.717, 1.165) is 95.8 Å². The van der Waals surface area contributed by atoms with Crippen molar-refractivity contribution in [2.24, 2.45) is 5.92 Å². The van der Waals surface area contributed by atoms with Gasteiger partial charge >= 0.3 is 39.5 Å². The fourth-order valence-electron chi connectivity index (χ4n) is 12.7. The van der Waals surface area contributed by atoms with Crippen LogP contribution in [-0.2, 0) is 65.4 Å². The predicted molar refractivity (Wildman–Crippen MR) is 414 cm³/mol. The fraction of sp³-hybridized carbons (Fsp3) is 0.951. The number of ether oxygens (including phenoxy) is 4. The fourth-order valence-corrected chi connectivity index (χ4v) is 14.3. The van der Waals surface area contributed by atoms with E-state index >= 15 is 0 Å². The summed E-state index contributed by atoms with van der Waals surface area (Å²) in [6, 6.07) is 0. The minimum absolute atomic E-state index is 0.109. The molecular formula is C82H160O17P2. The second kappa shape index (κ2) is 74.9. The van der Waals surface area contributed by atoms with Crippen LogP contribution >= 0.6 is 15.6 Å². The van der Waals surface area contributed by atoms with Gasteiger partial charge in [0.15, 0.2) is 12.2 Å². The van der Waals surface area contributed by atoms with Crippen molar-refractivity contribution in [1.29, 1.82) is 0 Å². The topological polar surface area (TPSA) is 237 Å². The summed E-state index contributed by atoms with van der Waals surface area (Å²) in [6.45, 7) is 7.37. The Hall–Kier alpha value is -1.94. The third kappa shape index (κ3) is 74.7. The van der Waals surface area contributed by atoms with E-state index in [1.807, 2.05) is 0 Å². The van der Waals surface area contributed by atoms with Gasteiger partial charge in [0, 0.05) is 25.7 Å². The van der Waals surface area contributed by atoms with Crippen LogP contribution in [0, 0.1) is 5.92 Å². The number of esters is 4.